The highest BCUT2D eigenvalue weighted by atomic mass is 79.9. The van der Waals surface area contributed by atoms with E-state index in [-0.39, 0.29) is 11.3 Å². The van der Waals surface area contributed by atoms with Crippen LogP contribution in [0.3, 0.4) is 0 Å². The van der Waals surface area contributed by atoms with Crippen molar-refractivity contribution in [2.75, 3.05) is 19.0 Å². The Morgan fingerprint density at radius 1 is 1.33 bits per heavy atom. The Balaban J connectivity index is 2.26. The quantitative estimate of drug-likeness (QED) is 0.761. The molecule has 2 rings (SSSR count). The van der Waals surface area contributed by atoms with Gasteiger partial charge < -0.3 is 10.6 Å². The molecule has 0 saturated carbocycles. The number of anilines is 1. The molecule has 2 N–H and O–H groups in total. The molecule has 4 nitrogen and oxygen atoms in total. The highest BCUT2D eigenvalue weighted by Gasteiger charge is 2.23. The first-order valence-electron chi connectivity index (χ1n) is 6.70. The van der Waals surface area contributed by atoms with Gasteiger partial charge in [-0.05, 0) is 18.1 Å². The number of nitrogens with zero attached hydrogens (tertiary/aromatic N) is 3. The van der Waals surface area contributed by atoms with Crippen molar-refractivity contribution in [1.82, 2.24) is 10.2 Å². The maximum atomic E-state index is 6.34. The summed E-state index contributed by atoms with van der Waals surface area (Å²) in [4.78, 5) is 1.97. The average Bonchev–Trinajstić information content (AvgIpc) is 2.94. The molecule has 7 heteroatoms. The van der Waals surface area contributed by atoms with Gasteiger partial charge in [-0.3, -0.25) is 0 Å². The summed E-state index contributed by atoms with van der Waals surface area (Å²) in [6.45, 7) is 2.11. The zero-order chi connectivity index (χ0) is 15.4. The second-order valence-electron chi connectivity index (χ2n) is 4.88. The van der Waals surface area contributed by atoms with E-state index < -0.39 is 0 Å². The summed E-state index contributed by atoms with van der Waals surface area (Å²) < 4.78 is 2.03. The normalized spacial score (nSPS) is 14.0. The Morgan fingerprint density at radius 3 is 2.62 bits per heavy atom. The summed E-state index contributed by atoms with van der Waals surface area (Å²) in [5, 5.41) is 9.53. The first-order chi connectivity index (χ1) is 10.0. The van der Waals surface area contributed by atoms with E-state index in [4.69, 9.17) is 5.73 Å². The molecule has 2 unspecified atom stereocenters. The predicted molar refractivity (Wildman–Crippen MR) is 95.2 cm³/mol. The molecule has 0 spiro atoms. The molecular weight excluding hydrogens is 368 g/mol. The summed E-state index contributed by atoms with van der Waals surface area (Å²) >= 11 is 6.91. The van der Waals surface area contributed by atoms with Gasteiger partial charge in [-0.25, -0.2) is 0 Å². The fraction of sp³-hybridized carbons (Fsp3) is 0.429. The lowest BCUT2D eigenvalue weighted by molar-refractivity contribution is 0.632. The highest BCUT2D eigenvalue weighted by Crippen LogP contribution is 2.42. The Kier molecular flexibility index (Phi) is 6.04. The monoisotopic (exact) mass is 386 g/mol. The molecule has 2 aromatic rings. The van der Waals surface area contributed by atoms with E-state index in [1.54, 1.807) is 23.1 Å². The molecule has 114 valence electrons. The topological polar surface area (TPSA) is 55.0 Å². The molecule has 1 aromatic heterocycles. The third kappa shape index (κ3) is 4.18. The summed E-state index contributed by atoms with van der Waals surface area (Å²) in [6, 6.07) is 8.30. The van der Waals surface area contributed by atoms with Crippen LogP contribution in [0.25, 0.3) is 0 Å². The summed E-state index contributed by atoms with van der Waals surface area (Å²) in [7, 11) is 3.94. The van der Waals surface area contributed by atoms with E-state index in [9.17, 15) is 0 Å². The van der Waals surface area contributed by atoms with Crippen LogP contribution in [-0.4, -0.2) is 30.3 Å². The highest BCUT2D eigenvalue weighted by molar-refractivity contribution is 9.10. The van der Waals surface area contributed by atoms with Gasteiger partial charge in [0.1, 0.15) is 0 Å². The molecule has 0 aliphatic rings. The number of rotatable bonds is 6. The molecule has 0 aliphatic heterocycles. The van der Waals surface area contributed by atoms with Crippen LogP contribution in [0, 0.1) is 0 Å². The van der Waals surface area contributed by atoms with Crippen molar-refractivity contribution >= 4 is 44.2 Å². The lowest BCUT2D eigenvalue weighted by atomic mass is 10.0. The van der Waals surface area contributed by atoms with E-state index in [1.165, 1.54) is 5.56 Å². The van der Waals surface area contributed by atoms with Crippen LogP contribution in [-0.2, 0) is 0 Å². The minimum atomic E-state index is 0.0698. The molecule has 1 heterocycles. The number of hydrogen-bond donors (Lipinski definition) is 1. The van der Waals surface area contributed by atoms with Crippen LogP contribution in [0.15, 0.2) is 33.1 Å². The molecular formula is C14H19BrN4S2. The lowest BCUT2D eigenvalue weighted by Crippen LogP contribution is -2.25. The van der Waals surface area contributed by atoms with Gasteiger partial charge in [0.15, 0.2) is 4.34 Å². The van der Waals surface area contributed by atoms with E-state index in [1.807, 2.05) is 31.1 Å². The van der Waals surface area contributed by atoms with Crippen molar-refractivity contribution in [3.63, 3.8) is 0 Å². The smallest absolute Gasteiger partial charge is 0.208 e. The third-order valence-electron chi connectivity index (χ3n) is 3.08. The van der Waals surface area contributed by atoms with Crippen molar-refractivity contribution in [2.24, 2.45) is 5.73 Å². The largest absolute Gasteiger partial charge is 0.353 e. The third-order valence-corrected chi connectivity index (χ3v) is 6.37. The van der Waals surface area contributed by atoms with Crippen molar-refractivity contribution in [3.05, 3.63) is 34.3 Å². The van der Waals surface area contributed by atoms with E-state index in [2.05, 4.69) is 45.2 Å². The van der Waals surface area contributed by atoms with Crippen LogP contribution in [0.4, 0.5) is 5.13 Å². The first kappa shape index (κ1) is 16.7. The number of hydrogen-bond acceptors (Lipinski definition) is 6. The average molecular weight is 387 g/mol. The van der Waals surface area contributed by atoms with Crippen molar-refractivity contribution < 1.29 is 0 Å². The van der Waals surface area contributed by atoms with Crippen molar-refractivity contribution in [2.45, 2.75) is 29.0 Å². The standard InChI is InChI=1S/C14H19BrN4S2/c1-4-11(16)12(9-7-5-6-8-10(9)15)20-14-18-17-13(21-14)19(2)3/h5-8,11-12H,4,16H2,1-3H3. The molecule has 0 aliphatic carbocycles. The van der Waals surface area contributed by atoms with Crippen molar-refractivity contribution in [3.8, 4) is 0 Å². The molecule has 0 radical (unpaired) electrons. The lowest BCUT2D eigenvalue weighted by Gasteiger charge is -2.22. The van der Waals surface area contributed by atoms with Crippen molar-refractivity contribution in [1.29, 1.82) is 0 Å². The first-order valence-corrected chi connectivity index (χ1v) is 9.19. The SMILES string of the molecule is CCC(N)C(Sc1nnc(N(C)C)s1)c1ccccc1Br. The maximum Gasteiger partial charge on any atom is 0.208 e. The van der Waals surface area contributed by atoms with Crippen LogP contribution < -0.4 is 10.6 Å². The number of thioether (sulfide) groups is 1. The van der Waals surface area contributed by atoms with Gasteiger partial charge in [-0.1, -0.05) is 64.2 Å². The van der Waals surface area contributed by atoms with Gasteiger partial charge in [0.05, 0.1) is 5.25 Å². The molecule has 0 amide bonds. The van der Waals surface area contributed by atoms with Gasteiger partial charge in [0, 0.05) is 24.6 Å². The second-order valence-corrected chi connectivity index (χ2v) is 8.08. The minimum Gasteiger partial charge on any atom is -0.353 e. The number of halogens is 1. The van der Waals surface area contributed by atoms with E-state index >= 15 is 0 Å². The second kappa shape index (κ2) is 7.58. The molecule has 0 fully saturated rings. The molecule has 0 bridgehead atoms. The molecule has 2 atom stereocenters. The zero-order valence-electron chi connectivity index (χ0n) is 12.3. The fourth-order valence-corrected chi connectivity index (χ4v) is 4.76. The van der Waals surface area contributed by atoms with Crippen LogP contribution >= 0.6 is 39.0 Å². The van der Waals surface area contributed by atoms with Crippen LogP contribution in [0.5, 0.6) is 0 Å². The summed E-state index contributed by atoms with van der Waals surface area (Å²) in [5.74, 6) is 0. The summed E-state index contributed by atoms with van der Waals surface area (Å²) in [5.41, 5.74) is 7.54. The van der Waals surface area contributed by atoms with E-state index in [0.29, 0.717) is 0 Å². The van der Waals surface area contributed by atoms with E-state index in [0.717, 1.165) is 20.4 Å². The Labute approximate surface area is 142 Å². The Bertz CT molecular complexity index is 588. The Morgan fingerprint density at radius 2 is 2.05 bits per heavy atom. The molecule has 1 aromatic carbocycles. The van der Waals surface area contributed by atoms with Gasteiger partial charge >= 0.3 is 0 Å². The number of aromatic nitrogens is 2. The maximum absolute atomic E-state index is 6.34. The predicted octanol–water partition coefficient (Wildman–Crippen LogP) is 3.94. The Hall–Kier alpha value is -0.630. The van der Waals surface area contributed by atoms with Crippen LogP contribution in [0.1, 0.15) is 24.2 Å². The van der Waals surface area contributed by atoms with Gasteiger partial charge in [0.2, 0.25) is 5.13 Å². The minimum absolute atomic E-state index is 0.0698. The fourth-order valence-electron chi connectivity index (χ4n) is 1.84. The molecule has 0 saturated heterocycles. The zero-order valence-corrected chi connectivity index (χ0v) is 15.5. The molecule has 21 heavy (non-hydrogen) atoms. The number of benzene rings is 1. The van der Waals surface area contributed by atoms with Gasteiger partial charge in [-0.15, -0.1) is 10.2 Å². The summed E-state index contributed by atoms with van der Waals surface area (Å²) in [6.07, 6.45) is 0.915. The van der Waals surface area contributed by atoms with Gasteiger partial charge in [-0.2, -0.15) is 0 Å². The van der Waals surface area contributed by atoms with Gasteiger partial charge in [0.25, 0.3) is 0 Å². The number of nitrogens with two attached hydrogens (primary N) is 1. The van der Waals surface area contributed by atoms with Crippen LogP contribution in [0.2, 0.25) is 0 Å².